The van der Waals surface area contributed by atoms with Crippen molar-refractivity contribution in [3.05, 3.63) is 35.9 Å². The smallest absolute Gasteiger partial charge is 0.412 e. The summed E-state index contributed by atoms with van der Waals surface area (Å²) in [6, 6.07) is 4.44. The molecule has 6 heteroatoms. The summed E-state index contributed by atoms with van der Waals surface area (Å²) >= 11 is 0. The van der Waals surface area contributed by atoms with Crippen molar-refractivity contribution in [1.29, 1.82) is 0 Å². The minimum Gasteiger partial charge on any atom is -0.412 e. The van der Waals surface area contributed by atoms with Crippen LogP contribution in [0, 0.1) is 0 Å². The third-order valence-electron chi connectivity index (χ3n) is 3.94. The Morgan fingerprint density at radius 1 is 1.18 bits per heavy atom. The molecule has 124 valence electrons. The molecule has 0 heterocycles. The zero-order valence-electron chi connectivity index (χ0n) is 13.7. The van der Waals surface area contributed by atoms with Gasteiger partial charge >= 0.3 is 6.36 Å². The molecule has 0 unspecified atom stereocenters. The highest BCUT2D eigenvalue weighted by Crippen LogP contribution is 2.38. The summed E-state index contributed by atoms with van der Waals surface area (Å²) in [4.78, 5) is 0. The van der Waals surface area contributed by atoms with Crippen molar-refractivity contribution in [2.75, 3.05) is 0 Å². The molecule has 0 N–H and O–H groups in total. The van der Waals surface area contributed by atoms with E-state index < -0.39 is 14.7 Å². The van der Waals surface area contributed by atoms with Gasteiger partial charge in [0.05, 0.1) is 6.61 Å². The van der Waals surface area contributed by atoms with Gasteiger partial charge in [0.15, 0.2) is 8.32 Å². The highest BCUT2D eigenvalue weighted by molar-refractivity contribution is 6.74. The Bertz CT molecular complexity index is 531. The first-order valence-electron chi connectivity index (χ1n) is 7.01. The van der Waals surface area contributed by atoms with Crippen molar-refractivity contribution in [2.24, 2.45) is 0 Å². The average Bonchev–Trinajstić information content (AvgIpc) is 2.34. The first-order valence-corrected chi connectivity index (χ1v) is 9.91. The molecule has 0 fully saturated rings. The molecule has 1 rings (SSSR count). The first kappa shape index (κ1) is 18.8. The summed E-state index contributed by atoms with van der Waals surface area (Å²) in [5.41, 5.74) is 1.10. The minimum atomic E-state index is -4.72. The highest BCUT2D eigenvalue weighted by Gasteiger charge is 2.37. The van der Waals surface area contributed by atoms with E-state index in [-0.39, 0.29) is 17.4 Å². The van der Waals surface area contributed by atoms with Crippen LogP contribution in [0.5, 0.6) is 5.75 Å². The van der Waals surface area contributed by atoms with Crippen LogP contribution >= 0.6 is 0 Å². The van der Waals surface area contributed by atoms with Crippen LogP contribution in [0.4, 0.5) is 13.2 Å². The summed E-state index contributed by atoms with van der Waals surface area (Å²) in [6.07, 6.45) is -3.14. The number of ether oxygens (including phenoxy) is 1. The maximum Gasteiger partial charge on any atom is 0.573 e. The van der Waals surface area contributed by atoms with Crippen LogP contribution < -0.4 is 4.74 Å². The van der Waals surface area contributed by atoms with Gasteiger partial charge in [0, 0.05) is 5.56 Å². The second-order valence-electron chi connectivity index (χ2n) is 6.67. The lowest BCUT2D eigenvalue weighted by Crippen LogP contribution is -2.40. The van der Waals surface area contributed by atoms with E-state index in [1.54, 1.807) is 12.1 Å². The van der Waals surface area contributed by atoms with Crippen LogP contribution in [0.25, 0.3) is 6.08 Å². The molecule has 1 aromatic carbocycles. The van der Waals surface area contributed by atoms with Gasteiger partial charge in [-0.25, -0.2) is 0 Å². The Kier molecular flexibility index (Phi) is 5.51. The van der Waals surface area contributed by atoms with Gasteiger partial charge in [-0.15, -0.1) is 13.2 Å². The predicted molar refractivity (Wildman–Crippen MR) is 85.2 cm³/mol. The third-order valence-corrected chi connectivity index (χ3v) is 8.42. The monoisotopic (exact) mass is 332 g/mol. The highest BCUT2D eigenvalue weighted by atomic mass is 28.4. The normalized spacial score (nSPS) is 13.1. The lowest BCUT2D eigenvalue weighted by molar-refractivity contribution is -0.275. The zero-order chi connectivity index (χ0) is 17.2. The van der Waals surface area contributed by atoms with Crippen molar-refractivity contribution in [2.45, 2.75) is 51.9 Å². The number of benzene rings is 1. The molecule has 0 spiro atoms. The number of rotatable bonds is 5. The van der Waals surface area contributed by atoms with Crippen LogP contribution in [0.15, 0.2) is 24.8 Å². The Morgan fingerprint density at radius 2 is 1.77 bits per heavy atom. The molecule has 22 heavy (non-hydrogen) atoms. The van der Waals surface area contributed by atoms with Gasteiger partial charge in [-0.2, -0.15) is 0 Å². The van der Waals surface area contributed by atoms with Gasteiger partial charge in [0.25, 0.3) is 0 Å². The van der Waals surface area contributed by atoms with E-state index in [1.165, 1.54) is 12.1 Å². The SMILES string of the molecule is C=Cc1ccc(OC(F)(F)F)c(CO[Si](C)(C)C(C)(C)C)c1. The number of halogens is 3. The lowest BCUT2D eigenvalue weighted by Gasteiger charge is -2.36. The standard InChI is InChI=1S/C16H23F3O2Si/c1-7-12-8-9-14(21-16(17,18)19)13(10-12)11-20-22(5,6)15(2,3)4/h7-10H,1,11H2,2-6H3. The zero-order valence-corrected chi connectivity index (χ0v) is 14.7. The third kappa shape index (κ3) is 5.17. The first-order chi connectivity index (χ1) is 9.86. The quantitative estimate of drug-likeness (QED) is 0.639. The summed E-state index contributed by atoms with van der Waals surface area (Å²) < 4.78 is 47.6. The molecule has 0 aliphatic rings. The second-order valence-corrected chi connectivity index (χ2v) is 11.5. The molecular formula is C16H23F3O2Si. The predicted octanol–water partition coefficient (Wildman–Crippen LogP) is 5.75. The van der Waals surface area contributed by atoms with Crippen LogP contribution in [0.3, 0.4) is 0 Å². The summed E-state index contributed by atoms with van der Waals surface area (Å²) in [7, 11) is -2.06. The molecule has 0 aliphatic carbocycles. The van der Waals surface area contributed by atoms with Gasteiger partial charge in [-0.1, -0.05) is 39.5 Å². The fraction of sp³-hybridized carbons (Fsp3) is 0.500. The molecule has 2 nitrogen and oxygen atoms in total. The Morgan fingerprint density at radius 3 is 2.23 bits per heavy atom. The molecule has 0 saturated heterocycles. The summed E-state index contributed by atoms with van der Waals surface area (Å²) in [5.74, 6) is -0.225. The van der Waals surface area contributed by atoms with Gasteiger partial charge in [0.2, 0.25) is 0 Å². The van der Waals surface area contributed by atoms with Crippen molar-refractivity contribution in [1.82, 2.24) is 0 Å². The largest absolute Gasteiger partial charge is 0.573 e. The van der Waals surface area contributed by atoms with Gasteiger partial charge in [-0.05, 0) is 35.8 Å². The van der Waals surface area contributed by atoms with E-state index in [0.717, 1.165) is 5.56 Å². The number of alkyl halides is 3. The molecule has 1 aromatic rings. The van der Waals surface area contributed by atoms with E-state index in [9.17, 15) is 13.2 Å². The fourth-order valence-electron chi connectivity index (χ4n) is 1.54. The molecular weight excluding hydrogens is 309 g/mol. The fourth-order valence-corrected chi connectivity index (χ4v) is 2.49. The Labute approximate surface area is 131 Å². The molecule has 0 bridgehead atoms. The van der Waals surface area contributed by atoms with Crippen molar-refractivity contribution >= 4 is 14.4 Å². The molecule has 0 amide bonds. The maximum absolute atomic E-state index is 12.5. The second kappa shape index (κ2) is 6.46. The number of hydrogen-bond donors (Lipinski definition) is 0. The summed E-state index contributed by atoms with van der Waals surface area (Å²) in [6.45, 7) is 14.0. The average molecular weight is 332 g/mol. The molecule has 0 aliphatic heterocycles. The van der Waals surface area contributed by atoms with Crippen LogP contribution in [0.1, 0.15) is 31.9 Å². The van der Waals surface area contributed by atoms with Crippen molar-refractivity contribution in [3.63, 3.8) is 0 Å². The Hall–Kier alpha value is -1.27. The van der Waals surface area contributed by atoms with E-state index in [1.807, 2.05) is 0 Å². The minimum absolute atomic E-state index is 0.0197. The molecule has 0 saturated carbocycles. The van der Waals surface area contributed by atoms with E-state index >= 15 is 0 Å². The topological polar surface area (TPSA) is 18.5 Å². The molecule has 0 aromatic heterocycles. The van der Waals surface area contributed by atoms with Crippen LogP contribution in [-0.2, 0) is 11.0 Å². The number of hydrogen-bond acceptors (Lipinski definition) is 2. The van der Waals surface area contributed by atoms with Gasteiger partial charge in [-0.3, -0.25) is 0 Å². The van der Waals surface area contributed by atoms with Gasteiger partial charge < -0.3 is 9.16 Å². The van der Waals surface area contributed by atoms with E-state index in [4.69, 9.17) is 4.43 Å². The van der Waals surface area contributed by atoms with Crippen LogP contribution in [-0.4, -0.2) is 14.7 Å². The van der Waals surface area contributed by atoms with Crippen molar-refractivity contribution < 1.29 is 22.3 Å². The van der Waals surface area contributed by atoms with Gasteiger partial charge in [0.1, 0.15) is 5.75 Å². The van der Waals surface area contributed by atoms with Crippen molar-refractivity contribution in [3.8, 4) is 5.75 Å². The van der Waals surface area contributed by atoms with E-state index in [2.05, 4.69) is 45.2 Å². The van der Waals surface area contributed by atoms with E-state index in [0.29, 0.717) is 5.56 Å². The lowest BCUT2D eigenvalue weighted by atomic mass is 10.1. The summed E-state index contributed by atoms with van der Waals surface area (Å²) in [5, 5.41) is -0.0197. The van der Waals surface area contributed by atoms with Crippen LogP contribution in [0.2, 0.25) is 18.1 Å². The maximum atomic E-state index is 12.5. The Balaban J connectivity index is 3.03. The molecule has 0 radical (unpaired) electrons. The molecule has 0 atom stereocenters.